The summed E-state index contributed by atoms with van der Waals surface area (Å²) >= 11 is 0. The van der Waals surface area contributed by atoms with Crippen LogP contribution in [0.4, 0.5) is 0 Å². The predicted molar refractivity (Wildman–Crippen MR) is 148 cm³/mol. The van der Waals surface area contributed by atoms with Crippen LogP contribution >= 0.6 is 0 Å². The number of benzene rings is 2. The van der Waals surface area contributed by atoms with E-state index in [1.165, 1.54) is 37.6 Å². The van der Waals surface area contributed by atoms with Gasteiger partial charge in [-0.15, -0.1) is 0 Å². The molecule has 0 N–H and O–H groups in total. The summed E-state index contributed by atoms with van der Waals surface area (Å²) in [6.07, 6.45) is 14.3. The Kier molecular flexibility index (Phi) is 6.29. The van der Waals surface area contributed by atoms with E-state index in [1.54, 1.807) is 6.33 Å². The zero-order valence-electron chi connectivity index (χ0n) is 21.6. The van der Waals surface area contributed by atoms with E-state index in [0.29, 0.717) is 24.6 Å². The number of imidazole rings is 1. The van der Waals surface area contributed by atoms with Crippen molar-refractivity contribution in [1.29, 1.82) is 0 Å². The lowest BCUT2D eigenvalue weighted by Gasteiger charge is -2.24. The third-order valence-electron chi connectivity index (χ3n) is 8.23. The van der Waals surface area contributed by atoms with Crippen molar-refractivity contribution < 1.29 is 9.47 Å². The van der Waals surface area contributed by atoms with Gasteiger partial charge in [0.05, 0.1) is 17.4 Å². The molecule has 1 aliphatic heterocycles. The highest BCUT2D eigenvalue weighted by Crippen LogP contribution is 2.39. The van der Waals surface area contributed by atoms with E-state index >= 15 is 0 Å². The molecule has 0 unspecified atom stereocenters. The van der Waals surface area contributed by atoms with Crippen molar-refractivity contribution in [2.45, 2.75) is 63.6 Å². The molecule has 0 amide bonds. The zero-order chi connectivity index (χ0) is 25.3. The Morgan fingerprint density at radius 2 is 1.66 bits per heavy atom. The molecule has 7 nitrogen and oxygen atoms in total. The van der Waals surface area contributed by atoms with Crippen molar-refractivity contribution in [3.05, 3.63) is 72.9 Å². The molecule has 0 bridgehead atoms. The van der Waals surface area contributed by atoms with Gasteiger partial charge in [0.15, 0.2) is 0 Å². The number of fused-ring (bicyclic) bond motifs is 2. The highest BCUT2D eigenvalue weighted by atomic mass is 16.5. The summed E-state index contributed by atoms with van der Waals surface area (Å²) in [4.78, 5) is 14.2. The number of nitrogens with zero attached hydrogens (tertiary/aromatic N) is 5. The van der Waals surface area contributed by atoms with Gasteiger partial charge in [0.1, 0.15) is 24.0 Å². The molecule has 0 spiro atoms. The molecule has 7 rings (SSSR count). The van der Waals surface area contributed by atoms with E-state index in [1.807, 2.05) is 24.5 Å². The summed E-state index contributed by atoms with van der Waals surface area (Å²) in [5.74, 6) is 0.624. The van der Waals surface area contributed by atoms with Gasteiger partial charge in [-0.25, -0.2) is 9.97 Å². The largest absolute Gasteiger partial charge is 0.471 e. The van der Waals surface area contributed by atoms with Gasteiger partial charge in [-0.05, 0) is 48.9 Å². The Hall–Kier alpha value is -3.71. The van der Waals surface area contributed by atoms with Crippen LogP contribution in [0, 0.1) is 0 Å². The summed E-state index contributed by atoms with van der Waals surface area (Å²) in [5.41, 5.74) is 7.45. The minimum Gasteiger partial charge on any atom is -0.471 e. The second-order valence-electron chi connectivity index (χ2n) is 10.6. The van der Waals surface area contributed by atoms with E-state index in [2.05, 4.69) is 50.6 Å². The maximum Gasteiger partial charge on any atom is 0.242 e. The molecule has 2 aliphatic rings. The molecule has 5 aromatic rings. The molecule has 1 aliphatic carbocycles. The van der Waals surface area contributed by atoms with Gasteiger partial charge >= 0.3 is 0 Å². The Morgan fingerprint density at radius 3 is 2.50 bits per heavy atom. The standard InChI is InChI=1S/C31H33N5O2/c1-3-7-22(8-4-1)19-38-31-30-29(32-20-33-31)26(18-35(30)25-13-15-37-16-14-25)23-11-12-28-27(17-23)34-21-36(28)24-9-5-2-6-10-24/h1,3-4,7-8,11-12,17-18,20-21,24-25H,2,5-6,9-10,13-16,19H2. The molecule has 1 saturated heterocycles. The molecule has 1 saturated carbocycles. The average Bonchev–Trinajstić information content (AvgIpc) is 3.60. The molecule has 4 heterocycles. The van der Waals surface area contributed by atoms with Crippen molar-refractivity contribution in [2.24, 2.45) is 0 Å². The smallest absolute Gasteiger partial charge is 0.242 e. The summed E-state index contributed by atoms with van der Waals surface area (Å²) in [7, 11) is 0. The van der Waals surface area contributed by atoms with E-state index in [-0.39, 0.29) is 0 Å². The van der Waals surface area contributed by atoms with Crippen molar-refractivity contribution in [3.63, 3.8) is 0 Å². The molecule has 0 radical (unpaired) electrons. The lowest BCUT2D eigenvalue weighted by molar-refractivity contribution is 0.0706. The third-order valence-corrected chi connectivity index (χ3v) is 8.23. The quantitative estimate of drug-likeness (QED) is 0.251. The van der Waals surface area contributed by atoms with Crippen LogP contribution in [-0.2, 0) is 11.3 Å². The Morgan fingerprint density at radius 1 is 0.842 bits per heavy atom. The van der Waals surface area contributed by atoms with Crippen molar-refractivity contribution >= 4 is 22.1 Å². The second-order valence-corrected chi connectivity index (χ2v) is 10.6. The Bertz CT molecular complexity index is 1550. The van der Waals surface area contributed by atoms with Crippen LogP contribution in [0.25, 0.3) is 33.2 Å². The Labute approximate surface area is 222 Å². The second kappa shape index (κ2) is 10.2. The summed E-state index contributed by atoms with van der Waals surface area (Å²) in [5, 5.41) is 0. The molecule has 194 valence electrons. The van der Waals surface area contributed by atoms with E-state index in [4.69, 9.17) is 19.4 Å². The zero-order valence-corrected chi connectivity index (χ0v) is 21.6. The van der Waals surface area contributed by atoms with E-state index < -0.39 is 0 Å². The van der Waals surface area contributed by atoms with E-state index in [9.17, 15) is 0 Å². The number of rotatable bonds is 6. The number of ether oxygens (including phenoxy) is 2. The minimum atomic E-state index is 0.319. The van der Waals surface area contributed by atoms with Gasteiger partial charge in [0, 0.05) is 37.1 Å². The van der Waals surface area contributed by atoms with Crippen molar-refractivity contribution in [2.75, 3.05) is 13.2 Å². The first-order valence-corrected chi connectivity index (χ1v) is 13.9. The van der Waals surface area contributed by atoms with Gasteiger partial charge in [-0.2, -0.15) is 4.98 Å². The molecular formula is C31H33N5O2. The number of hydrogen-bond donors (Lipinski definition) is 0. The first-order chi connectivity index (χ1) is 18.8. The SMILES string of the molecule is c1ccc(COc2ncnc3c(-c4ccc5c(c4)ncn5C4CCCCC4)cn(C4CCOCC4)c23)cc1. The molecular weight excluding hydrogens is 474 g/mol. The normalized spacial score (nSPS) is 17.4. The topological polar surface area (TPSA) is 67.0 Å². The molecule has 3 aromatic heterocycles. The lowest BCUT2D eigenvalue weighted by Crippen LogP contribution is -2.19. The molecule has 7 heteroatoms. The molecule has 2 aromatic carbocycles. The van der Waals surface area contributed by atoms with Crippen LogP contribution in [-0.4, -0.2) is 37.3 Å². The lowest BCUT2D eigenvalue weighted by atomic mass is 9.95. The first-order valence-electron chi connectivity index (χ1n) is 13.9. The third kappa shape index (κ3) is 4.35. The van der Waals surface area contributed by atoms with Crippen molar-refractivity contribution in [1.82, 2.24) is 24.1 Å². The van der Waals surface area contributed by atoms with Gasteiger partial charge in [0.25, 0.3) is 0 Å². The fourth-order valence-electron chi connectivity index (χ4n) is 6.20. The van der Waals surface area contributed by atoms with Crippen LogP contribution in [0.15, 0.2) is 67.4 Å². The van der Waals surface area contributed by atoms with Gasteiger partial charge in [0.2, 0.25) is 5.88 Å². The monoisotopic (exact) mass is 507 g/mol. The van der Waals surface area contributed by atoms with Gasteiger partial charge < -0.3 is 18.6 Å². The predicted octanol–water partition coefficient (Wildman–Crippen LogP) is 6.88. The number of aromatic nitrogens is 5. The van der Waals surface area contributed by atoms with E-state index in [0.717, 1.165) is 59.3 Å². The maximum atomic E-state index is 6.31. The average molecular weight is 508 g/mol. The summed E-state index contributed by atoms with van der Waals surface area (Å²) in [6, 6.07) is 17.8. The molecule has 2 fully saturated rings. The fourth-order valence-corrected chi connectivity index (χ4v) is 6.20. The number of hydrogen-bond acceptors (Lipinski definition) is 5. The molecule has 38 heavy (non-hydrogen) atoms. The summed E-state index contributed by atoms with van der Waals surface area (Å²) < 4.78 is 16.7. The van der Waals surface area contributed by atoms with Crippen LogP contribution in [0.3, 0.4) is 0 Å². The highest BCUT2D eigenvalue weighted by Gasteiger charge is 2.24. The fraction of sp³-hybridized carbons (Fsp3) is 0.387. The van der Waals surface area contributed by atoms with Crippen molar-refractivity contribution in [3.8, 4) is 17.0 Å². The summed E-state index contributed by atoms with van der Waals surface area (Å²) in [6.45, 7) is 1.99. The minimum absolute atomic E-state index is 0.319. The maximum absolute atomic E-state index is 6.31. The van der Waals surface area contributed by atoms with Crippen LogP contribution in [0.1, 0.15) is 62.6 Å². The van der Waals surface area contributed by atoms with Crippen LogP contribution in [0.5, 0.6) is 5.88 Å². The molecule has 0 atom stereocenters. The highest BCUT2D eigenvalue weighted by molar-refractivity contribution is 5.97. The van der Waals surface area contributed by atoms with Crippen LogP contribution < -0.4 is 4.74 Å². The Balaban J connectivity index is 1.30. The van der Waals surface area contributed by atoms with Crippen LogP contribution in [0.2, 0.25) is 0 Å². The van der Waals surface area contributed by atoms with Gasteiger partial charge in [-0.1, -0.05) is 55.7 Å². The van der Waals surface area contributed by atoms with Gasteiger partial charge in [-0.3, -0.25) is 0 Å². The first kappa shape index (κ1) is 23.4.